The van der Waals surface area contributed by atoms with Gasteiger partial charge in [0.15, 0.2) is 0 Å². The highest BCUT2D eigenvalue weighted by Gasteiger charge is 2.61. The summed E-state index contributed by atoms with van der Waals surface area (Å²) >= 11 is 5.98. The maximum atomic E-state index is 13.8. The Balaban J connectivity index is 1.19. The number of hydrazone groups is 1. The van der Waals surface area contributed by atoms with Crippen LogP contribution in [0, 0.1) is 11.8 Å². The van der Waals surface area contributed by atoms with Gasteiger partial charge in [0.25, 0.3) is 11.8 Å². The molecule has 1 heterocycles. The minimum atomic E-state index is -0.453. The van der Waals surface area contributed by atoms with Crippen molar-refractivity contribution in [2.24, 2.45) is 16.9 Å². The standard InChI is InChI=1S/C32H23ClN2O3/c33-21-15-13-19(14-16-21)18-38-26-12-6-1-7-20(26)17-34-35-31(36)29-27-22-8-2-3-9-23(22)28(30(29)32(35)37)25-11-5-4-10-24(25)27/h1-17,27-30H,18H2/b34-17-/t27?,28?,29-,30-/m1/s1. The number of benzene rings is 4. The molecule has 8 rings (SSSR count). The van der Waals surface area contributed by atoms with Crippen LogP contribution in [0.5, 0.6) is 5.75 Å². The Kier molecular flexibility index (Phi) is 5.41. The van der Waals surface area contributed by atoms with Crippen molar-refractivity contribution in [2.75, 3.05) is 0 Å². The first kappa shape index (κ1) is 22.9. The molecule has 0 spiro atoms. The van der Waals surface area contributed by atoms with Crippen LogP contribution in [0.3, 0.4) is 0 Å². The number of hydrogen-bond donors (Lipinski definition) is 0. The average molecular weight is 519 g/mol. The number of rotatable bonds is 5. The average Bonchev–Trinajstić information content (AvgIpc) is 3.21. The second-order valence-electron chi connectivity index (χ2n) is 9.95. The molecule has 1 saturated heterocycles. The van der Waals surface area contributed by atoms with Crippen LogP contribution in [-0.2, 0) is 16.2 Å². The number of carbonyl (C=O) groups is 2. The van der Waals surface area contributed by atoms with E-state index in [0.29, 0.717) is 22.9 Å². The summed E-state index contributed by atoms with van der Waals surface area (Å²) in [7, 11) is 0. The van der Waals surface area contributed by atoms with Gasteiger partial charge >= 0.3 is 0 Å². The lowest BCUT2D eigenvalue weighted by Crippen LogP contribution is -2.41. The zero-order chi connectivity index (χ0) is 25.8. The van der Waals surface area contributed by atoms with Crippen LogP contribution in [0.2, 0.25) is 5.02 Å². The molecule has 0 unspecified atom stereocenters. The fraction of sp³-hybridized carbons (Fsp3) is 0.156. The fourth-order valence-electron chi connectivity index (χ4n) is 6.36. The van der Waals surface area contributed by atoms with Gasteiger partial charge in [0.1, 0.15) is 12.4 Å². The Labute approximate surface area is 225 Å². The first-order chi connectivity index (χ1) is 18.6. The molecule has 5 nitrogen and oxygen atoms in total. The lowest BCUT2D eigenvalue weighted by Gasteiger charge is -2.45. The predicted molar refractivity (Wildman–Crippen MR) is 145 cm³/mol. The highest BCUT2D eigenvalue weighted by molar-refractivity contribution is 6.30. The molecule has 2 amide bonds. The normalized spacial score (nSPS) is 22.9. The molecule has 3 aliphatic carbocycles. The first-order valence-electron chi connectivity index (χ1n) is 12.7. The van der Waals surface area contributed by atoms with E-state index in [2.05, 4.69) is 29.4 Å². The molecule has 0 N–H and O–H groups in total. The van der Waals surface area contributed by atoms with Gasteiger partial charge in [0, 0.05) is 22.4 Å². The monoisotopic (exact) mass is 518 g/mol. The second kappa shape index (κ2) is 8.96. The molecule has 2 atom stereocenters. The molecule has 4 aliphatic rings. The molecule has 4 aromatic rings. The minimum Gasteiger partial charge on any atom is -0.488 e. The predicted octanol–water partition coefficient (Wildman–Crippen LogP) is 6.15. The van der Waals surface area contributed by atoms with E-state index >= 15 is 0 Å². The van der Waals surface area contributed by atoms with Crippen LogP contribution in [0.4, 0.5) is 0 Å². The Morgan fingerprint density at radius 2 is 1.21 bits per heavy atom. The number of hydrogen-bond acceptors (Lipinski definition) is 4. The van der Waals surface area contributed by atoms with Gasteiger partial charge in [-0.3, -0.25) is 9.59 Å². The molecule has 2 bridgehead atoms. The van der Waals surface area contributed by atoms with E-state index in [-0.39, 0.29) is 23.7 Å². The SMILES string of the molecule is O=C1[C@@H]2C3c4ccccc4C(c4ccccc43)[C@H]2C(=O)N1/N=C\c1ccccc1OCc1ccc(Cl)cc1. The third-order valence-corrected chi connectivity index (χ3v) is 8.22. The number of imide groups is 1. The summed E-state index contributed by atoms with van der Waals surface area (Å²) in [6.07, 6.45) is 1.55. The highest BCUT2D eigenvalue weighted by atomic mass is 35.5. The van der Waals surface area contributed by atoms with E-state index in [9.17, 15) is 9.59 Å². The van der Waals surface area contributed by atoms with Gasteiger partial charge in [-0.15, -0.1) is 0 Å². The van der Waals surface area contributed by atoms with E-state index in [0.717, 1.165) is 32.8 Å². The van der Waals surface area contributed by atoms with Gasteiger partial charge in [-0.05, 0) is 52.1 Å². The Morgan fingerprint density at radius 3 is 1.76 bits per heavy atom. The van der Waals surface area contributed by atoms with E-state index in [4.69, 9.17) is 16.3 Å². The number of nitrogens with zero attached hydrogens (tertiary/aromatic N) is 2. The molecule has 0 saturated carbocycles. The van der Waals surface area contributed by atoms with Crippen LogP contribution in [0.15, 0.2) is 102 Å². The molecule has 0 radical (unpaired) electrons. The first-order valence-corrected chi connectivity index (χ1v) is 13.1. The van der Waals surface area contributed by atoms with Crippen LogP contribution in [-0.4, -0.2) is 23.0 Å². The van der Waals surface area contributed by atoms with Gasteiger partial charge in [0.05, 0.1) is 18.1 Å². The third-order valence-electron chi connectivity index (χ3n) is 7.96. The molecular formula is C32H23ClN2O3. The van der Waals surface area contributed by atoms with Gasteiger partial charge < -0.3 is 4.74 Å². The van der Waals surface area contributed by atoms with E-state index in [1.165, 1.54) is 0 Å². The molecule has 38 heavy (non-hydrogen) atoms. The largest absolute Gasteiger partial charge is 0.488 e. The van der Waals surface area contributed by atoms with Gasteiger partial charge in [-0.2, -0.15) is 10.1 Å². The van der Waals surface area contributed by atoms with Crippen molar-refractivity contribution in [2.45, 2.75) is 18.4 Å². The number of para-hydroxylation sites is 1. The molecule has 1 aliphatic heterocycles. The summed E-state index contributed by atoms with van der Waals surface area (Å²) in [6.45, 7) is 0.355. The quantitative estimate of drug-likeness (QED) is 0.235. The number of carbonyl (C=O) groups excluding carboxylic acids is 2. The Morgan fingerprint density at radius 1 is 0.711 bits per heavy atom. The van der Waals surface area contributed by atoms with Crippen LogP contribution >= 0.6 is 11.6 Å². The Bertz CT molecular complexity index is 1500. The summed E-state index contributed by atoms with van der Waals surface area (Å²) in [4.78, 5) is 27.5. The topological polar surface area (TPSA) is 59.0 Å². The molecule has 1 fully saturated rings. The number of ether oxygens (including phenoxy) is 1. The third kappa shape index (κ3) is 3.50. The number of halogens is 1. The van der Waals surface area contributed by atoms with E-state index in [1.54, 1.807) is 6.21 Å². The summed E-state index contributed by atoms with van der Waals surface area (Å²) < 4.78 is 6.03. The smallest absolute Gasteiger partial charge is 0.254 e. The maximum absolute atomic E-state index is 13.8. The van der Waals surface area contributed by atoms with Crippen LogP contribution < -0.4 is 4.74 Å². The van der Waals surface area contributed by atoms with Crippen molar-refractivity contribution >= 4 is 29.6 Å². The van der Waals surface area contributed by atoms with Gasteiger partial charge in [-0.1, -0.05) is 84.4 Å². The van der Waals surface area contributed by atoms with Crippen molar-refractivity contribution in [3.8, 4) is 5.75 Å². The van der Waals surface area contributed by atoms with Crippen molar-refractivity contribution in [3.05, 3.63) is 135 Å². The maximum Gasteiger partial charge on any atom is 0.254 e. The van der Waals surface area contributed by atoms with Crippen molar-refractivity contribution in [1.29, 1.82) is 0 Å². The molecule has 4 aromatic carbocycles. The molecule has 186 valence electrons. The van der Waals surface area contributed by atoms with Crippen LogP contribution in [0.1, 0.15) is 45.2 Å². The van der Waals surface area contributed by atoms with Gasteiger partial charge in [0.2, 0.25) is 0 Å². The minimum absolute atomic E-state index is 0.149. The Hall–Kier alpha value is -4.22. The second-order valence-corrected chi connectivity index (χ2v) is 10.4. The summed E-state index contributed by atoms with van der Waals surface area (Å²) in [5.41, 5.74) is 6.24. The highest BCUT2D eigenvalue weighted by Crippen LogP contribution is 2.60. The lowest BCUT2D eigenvalue weighted by molar-refractivity contribution is -0.139. The van der Waals surface area contributed by atoms with Gasteiger partial charge in [-0.25, -0.2) is 0 Å². The van der Waals surface area contributed by atoms with Crippen molar-refractivity contribution in [3.63, 3.8) is 0 Å². The molecular weight excluding hydrogens is 496 g/mol. The molecule has 0 aromatic heterocycles. The zero-order valence-electron chi connectivity index (χ0n) is 20.3. The summed E-state index contributed by atoms with van der Waals surface area (Å²) in [5, 5.41) is 6.20. The van der Waals surface area contributed by atoms with Crippen LogP contribution in [0.25, 0.3) is 0 Å². The fourth-order valence-corrected chi connectivity index (χ4v) is 6.48. The van der Waals surface area contributed by atoms with E-state index in [1.807, 2.05) is 72.8 Å². The number of amides is 2. The van der Waals surface area contributed by atoms with Crippen molar-refractivity contribution < 1.29 is 14.3 Å². The zero-order valence-corrected chi connectivity index (χ0v) is 21.1. The molecule has 6 heteroatoms. The summed E-state index contributed by atoms with van der Waals surface area (Å²) in [5.74, 6) is -1.07. The summed E-state index contributed by atoms with van der Waals surface area (Å²) in [6, 6.07) is 31.3. The van der Waals surface area contributed by atoms with Crippen molar-refractivity contribution in [1.82, 2.24) is 5.01 Å². The lowest BCUT2D eigenvalue weighted by atomic mass is 9.55. The van der Waals surface area contributed by atoms with E-state index < -0.39 is 11.8 Å².